The zero-order chi connectivity index (χ0) is 21.8. The molecular formula is C23H27N2O5+. The molecule has 7 heteroatoms. The van der Waals surface area contributed by atoms with Gasteiger partial charge < -0.3 is 24.4 Å². The Balaban J connectivity index is 2.13. The molecular weight excluding hydrogens is 384 g/mol. The molecule has 1 heterocycles. The number of benzene rings is 2. The van der Waals surface area contributed by atoms with Crippen LogP contribution in [0.5, 0.6) is 11.5 Å². The number of likely N-dealkylation sites (N-methyl/N-ethyl adjacent to an activating group) is 1. The Kier molecular flexibility index (Phi) is 6.42. The Labute approximate surface area is 176 Å². The van der Waals surface area contributed by atoms with Gasteiger partial charge in [-0.25, -0.2) is 0 Å². The largest absolute Gasteiger partial charge is 0.507 e. The van der Waals surface area contributed by atoms with E-state index in [-0.39, 0.29) is 11.3 Å². The van der Waals surface area contributed by atoms with Crippen LogP contribution in [0.15, 0.2) is 54.1 Å². The van der Waals surface area contributed by atoms with Crippen molar-refractivity contribution in [3.05, 3.63) is 65.2 Å². The van der Waals surface area contributed by atoms with Crippen molar-refractivity contribution in [3.8, 4) is 11.5 Å². The summed E-state index contributed by atoms with van der Waals surface area (Å²) in [5.41, 5.74) is 1.23. The lowest BCUT2D eigenvalue weighted by molar-refractivity contribution is -0.857. The minimum atomic E-state index is -0.690. The molecule has 7 nitrogen and oxygen atoms in total. The van der Waals surface area contributed by atoms with Crippen molar-refractivity contribution >= 4 is 17.4 Å². The molecule has 1 amide bonds. The molecule has 1 fully saturated rings. The Bertz CT molecular complexity index is 966. The first-order valence-electron chi connectivity index (χ1n) is 9.73. The smallest absolute Gasteiger partial charge is 0.295 e. The molecule has 1 atom stereocenters. The average molecular weight is 411 g/mol. The van der Waals surface area contributed by atoms with E-state index >= 15 is 0 Å². The van der Waals surface area contributed by atoms with Crippen LogP contribution in [0.4, 0.5) is 0 Å². The minimum Gasteiger partial charge on any atom is -0.507 e. The highest BCUT2D eigenvalue weighted by atomic mass is 16.5. The lowest BCUT2D eigenvalue weighted by Gasteiger charge is -2.25. The van der Waals surface area contributed by atoms with E-state index in [4.69, 9.17) is 9.47 Å². The Morgan fingerprint density at radius 1 is 1.03 bits per heavy atom. The number of nitrogens with one attached hydrogen (secondary N) is 1. The van der Waals surface area contributed by atoms with Crippen LogP contribution in [-0.2, 0) is 9.59 Å². The normalized spacial score (nSPS) is 18.2. The van der Waals surface area contributed by atoms with Crippen molar-refractivity contribution in [1.82, 2.24) is 4.90 Å². The third-order valence-corrected chi connectivity index (χ3v) is 5.17. The summed E-state index contributed by atoms with van der Waals surface area (Å²) in [5, 5.41) is 11.1. The van der Waals surface area contributed by atoms with Gasteiger partial charge in [-0.05, 0) is 29.8 Å². The van der Waals surface area contributed by atoms with Crippen LogP contribution in [0.1, 0.15) is 17.2 Å². The predicted molar refractivity (Wildman–Crippen MR) is 113 cm³/mol. The number of ketones is 1. The Hall–Kier alpha value is -3.32. The second-order valence-electron chi connectivity index (χ2n) is 7.45. The van der Waals surface area contributed by atoms with Gasteiger partial charge in [0.1, 0.15) is 17.3 Å². The fourth-order valence-corrected chi connectivity index (χ4v) is 3.51. The number of hydrogen-bond acceptors (Lipinski definition) is 5. The highest BCUT2D eigenvalue weighted by Gasteiger charge is 2.46. The fraction of sp³-hybridized carbons (Fsp3) is 0.304. The van der Waals surface area contributed by atoms with Gasteiger partial charge in [-0.1, -0.05) is 24.3 Å². The van der Waals surface area contributed by atoms with Crippen molar-refractivity contribution in [2.75, 3.05) is 41.4 Å². The summed E-state index contributed by atoms with van der Waals surface area (Å²) < 4.78 is 10.4. The van der Waals surface area contributed by atoms with Gasteiger partial charge in [0.15, 0.2) is 0 Å². The second kappa shape index (κ2) is 9.00. The highest BCUT2D eigenvalue weighted by Crippen LogP contribution is 2.39. The molecule has 1 saturated heterocycles. The van der Waals surface area contributed by atoms with Crippen molar-refractivity contribution in [2.45, 2.75) is 6.04 Å². The zero-order valence-corrected chi connectivity index (χ0v) is 17.6. The molecule has 1 aliphatic rings. The Morgan fingerprint density at radius 3 is 2.30 bits per heavy atom. The van der Waals surface area contributed by atoms with Crippen LogP contribution in [0.2, 0.25) is 0 Å². The van der Waals surface area contributed by atoms with E-state index in [0.717, 1.165) is 10.5 Å². The molecule has 158 valence electrons. The molecule has 2 aromatic carbocycles. The molecule has 2 N–H and O–H groups in total. The number of rotatable bonds is 7. The second-order valence-corrected chi connectivity index (χ2v) is 7.45. The summed E-state index contributed by atoms with van der Waals surface area (Å²) in [6.07, 6.45) is 0. The maximum Gasteiger partial charge on any atom is 0.295 e. The SMILES string of the molecule is COc1ccc([C@H]2C(=C(O)c3cccc(OC)c3)C(=O)C(=O)N2CC[NH+](C)C)cc1. The third-order valence-electron chi connectivity index (χ3n) is 5.17. The number of quaternary nitrogens is 1. The van der Waals surface area contributed by atoms with Gasteiger partial charge in [0.2, 0.25) is 0 Å². The summed E-state index contributed by atoms with van der Waals surface area (Å²) in [6, 6.07) is 13.3. The van der Waals surface area contributed by atoms with Crippen molar-refractivity contribution < 1.29 is 29.1 Å². The molecule has 0 radical (unpaired) electrons. The van der Waals surface area contributed by atoms with Gasteiger partial charge in [-0.3, -0.25) is 9.59 Å². The standard InChI is InChI=1S/C23H26N2O5/c1-24(2)12-13-25-20(15-8-10-17(29-3)11-9-15)19(22(27)23(25)28)21(26)16-6-5-7-18(14-16)30-4/h5-11,14,20,26H,12-13H2,1-4H3/p+1/t20-/m0/s1. The van der Waals surface area contributed by atoms with Crippen LogP contribution in [0, 0.1) is 0 Å². The van der Waals surface area contributed by atoms with Crippen molar-refractivity contribution in [1.29, 1.82) is 0 Å². The van der Waals surface area contributed by atoms with Crippen LogP contribution in [-0.4, -0.2) is 63.1 Å². The maximum absolute atomic E-state index is 13.0. The number of carbonyl (C=O) groups excluding carboxylic acids is 2. The van der Waals surface area contributed by atoms with E-state index in [1.54, 1.807) is 43.5 Å². The van der Waals surface area contributed by atoms with Crippen LogP contribution >= 0.6 is 0 Å². The fourth-order valence-electron chi connectivity index (χ4n) is 3.51. The van der Waals surface area contributed by atoms with Crippen LogP contribution in [0.25, 0.3) is 5.76 Å². The lowest BCUT2D eigenvalue weighted by atomic mass is 9.95. The Morgan fingerprint density at radius 2 is 1.70 bits per heavy atom. The number of amides is 1. The van der Waals surface area contributed by atoms with Gasteiger partial charge in [0, 0.05) is 5.56 Å². The number of Topliss-reactive ketones (excluding diaryl/α,β-unsaturated/α-hetero) is 1. The van der Waals surface area contributed by atoms with Gasteiger partial charge in [0.25, 0.3) is 11.7 Å². The number of hydrogen-bond donors (Lipinski definition) is 2. The third kappa shape index (κ3) is 4.16. The highest BCUT2D eigenvalue weighted by molar-refractivity contribution is 6.46. The molecule has 0 saturated carbocycles. The molecule has 1 aliphatic heterocycles. The molecule has 0 aliphatic carbocycles. The number of likely N-dealkylation sites (tertiary alicyclic amines) is 1. The van der Waals surface area contributed by atoms with Crippen LogP contribution in [0.3, 0.4) is 0 Å². The monoisotopic (exact) mass is 411 g/mol. The molecule has 3 rings (SSSR count). The maximum atomic E-state index is 13.0. The molecule has 0 aromatic heterocycles. The number of aliphatic hydroxyl groups excluding tert-OH is 1. The topological polar surface area (TPSA) is 80.5 Å². The molecule has 0 bridgehead atoms. The molecule has 2 aromatic rings. The van der Waals surface area contributed by atoms with Gasteiger partial charge in [-0.15, -0.1) is 0 Å². The van der Waals surface area contributed by atoms with Crippen molar-refractivity contribution in [2.24, 2.45) is 0 Å². The first-order chi connectivity index (χ1) is 14.4. The summed E-state index contributed by atoms with van der Waals surface area (Å²) in [4.78, 5) is 28.5. The predicted octanol–water partition coefficient (Wildman–Crippen LogP) is 1.27. The number of aliphatic hydroxyl groups is 1. The van der Waals surface area contributed by atoms with Gasteiger partial charge >= 0.3 is 0 Å². The van der Waals surface area contributed by atoms with E-state index in [2.05, 4.69) is 0 Å². The minimum absolute atomic E-state index is 0.0761. The van der Waals surface area contributed by atoms with Crippen LogP contribution < -0.4 is 14.4 Å². The summed E-state index contributed by atoms with van der Waals surface area (Å²) in [6.45, 7) is 1.05. The number of ether oxygens (including phenoxy) is 2. The van der Waals surface area contributed by atoms with Gasteiger partial charge in [-0.2, -0.15) is 0 Å². The van der Waals surface area contributed by atoms with E-state index in [9.17, 15) is 14.7 Å². The molecule has 0 spiro atoms. The average Bonchev–Trinajstić information content (AvgIpc) is 3.02. The van der Waals surface area contributed by atoms with E-state index in [0.29, 0.717) is 30.2 Å². The van der Waals surface area contributed by atoms with Crippen molar-refractivity contribution in [3.63, 3.8) is 0 Å². The molecule has 30 heavy (non-hydrogen) atoms. The van der Waals surface area contributed by atoms with Gasteiger partial charge in [0.05, 0.1) is 53.0 Å². The summed E-state index contributed by atoms with van der Waals surface area (Å²) >= 11 is 0. The first-order valence-corrected chi connectivity index (χ1v) is 9.73. The van der Waals surface area contributed by atoms with E-state index < -0.39 is 17.7 Å². The summed E-state index contributed by atoms with van der Waals surface area (Å²) in [7, 11) is 7.06. The summed E-state index contributed by atoms with van der Waals surface area (Å²) in [5.74, 6) is -0.300. The number of carbonyl (C=O) groups is 2. The van der Waals surface area contributed by atoms with E-state index in [1.165, 1.54) is 12.0 Å². The first kappa shape index (κ1) is 21.4. The number of nitrogens with zero attached hydrogens (tertiary/aromatic N) is 1. The van der Waals surface area contributed by atoms with E-state index in [1.807, 2.05) is 26.2 Å². The number of methoxy groups -OCH3 is 2. The quantitative estimate of drug-likeness (QED) is 0.408. The lowest BCUT2D eigenvalue weighted by Crippen LogP contribution is -3.06. The zero-order valence-electron chi connectivity index (χ0n) is 17.6. The molecule has 0 unspecified atom stereocenters.